The number of aliphatic hydroxyl groups is 1. The monoisotopic (exact) mass is 486 g/mol. The molecule has 0 radical (unpaired) electrons. The zero-order valence-electron chi connectivity index (χ0n) is 22.7. The van der Waals surface area contributed by atoms with Crippen molar-refractivity contribution in [3.8, 4) is 5.75 Å². The molecule has 2 saturated carbocycles. The van der Waals surface area contributed by atoms with E-state index in [1.165, 1.54) is 0 Å². The smallest absolute Gasteiger partial charge is 0.223 e. The number of methoxy groups -OCH3 is 1. The van der Waals surface area contributed by atoms with Gasteiger partial charge in [-0.15, -0.1) is 0 Å². The first-order valence-electron chi connectivity index (χ1n) is 13.2. The molecule has 0 aliphatic heterocycles. The third kappa shape index (κ3) is 6.38. The van der Waals surface area contributed by atoms with Gasteiger partial charge in [0.2, 0.25) is 11.8 Å². The summed E-state index contributed by atoms with van der Waals surface area (Å²) in [6.07, 6.45) is 3.68. The molecule has 196 valence electrons. The number of hydrogen-bond acceptors (Lipinski definition) is 4. The average molecular weight is 487 g/mol. The van der Waals surface area contributed by atoms with Crippen LogP contribution in [0.5, 0.6) is 5.75 Å². The molecule has 1 unspecified atom stereocenters. The van der Waals surface area contributed by atoms with E-state index in [1.54, 1.807) is 7.11 Å². The van der Waals surface area contributed by atoms with Crippen molar-refractivity contribution in [1.82, 2.24) is 10.6 Å². The Kier molecular flexibility index (Phi) is 8.56. The molecule has 3 rings (SSSR count). The highest BCUT2D eigenvalue weighted by Crippen LogP contribution is 2.55. The van der Waals surface area contributed by atoms with E-state index in [4.69, 9.17) is 4.74 Å². The predicted molar refractivity (Wildman–Crippen MR) is 139 cm³/mol. The molecule has 2 aliphatic carbocycles. The first-order valence-corrected chi connectivity index (χ1v) is 13.2. The summed E-state index contributed by atoms with van der Waals surface area (Å²) in [5, 5.41) is 17.9. The van der Waals surface area contributed by atoms with E-state index >= 15 is 0 Å². The largest absolute Gasteiger partial charge is 0.496 e. The van der Waals surface area contributed by atoms with E-state index in [0.29, 0.717) is 13.0 Å². The van der Waals surface area contributed by atoms with Crippen LogP contribution >= 0.6 is 0 Å². The van der Waals surface area contributed by atoms with E-state index in [1.807, 2.05) is 31.2 Å². The second-order valence-electron chi connectivity index (χ2n) is 12.5. The molecule has 6 nitrogen and oxygen atoms in total. The van der Waals surface area contributed by atoms with Crippen LogP contribution in [0.2, 0.25) is 0 Å². The Morgan fingerprint density at radius 3 is 2.51 bits per heavy atom. The topological polar surface area (TPSA) is 87.7 Å². The van der Waals surface area contributed by atoms with Crippen molar-refractivity contribution in [2.45, 2.75) is 92.3 Å². The number of carbonyl (C=O) groups excluding carboxylic acids is 2. The van der Waals surface area contributed by atoms with Crippen molar-refractivity contribution in [2.75, 3.05) is 7.11 Å². The number of rotatable bonds is 7. The number of amides is 2. The number of carbonyl (C=O) groups is 2. The number of hydrogen-bond donors (Lipinski definition) is 3. The molecule has 3 N–H and O–H groups in total. The SMILES string of the molecule is COc1ccccc1CNC(=O)[C@@H](C)C1CC[C@@]2(C)CC[C@H](NC(=O)CC(C)(C)C)[C@@H](C)[C@@H]2[C@H]1O. The highest BCUT2D eigenvalue weighted by molar-refractivity contribution is 5.79. The third-order valence-corrected chi connectivity index (χ3v) is 8.63. The second-order valence-corrected chi connectivity index (χ2v) is 12.5. The fraction of sp³-hybridized carbons (Fsp3) is 0.724. The molecule has 1 aromatic rings. The van der Waals surface area contributed by atoms with Gasteiger partial charge in [-0.1, -0.05) is 59.7 Å². The van der Waals surface area contributed by atoms with Gasteiger partial charge in [-0.3, -0.25) is 9.59 Å². The van der Waals surface area contributed by atoms with Crippen LogP contribution in [0.15, 0.2) is 24.3 Å². The van der Waals surface area contributed by atoms with Crippen molar-refractivity contribution in [3.63, 3.8) is 0 Å². The highest BCUT2D eigenvalue weighted by atomic mass is 16.5. The van der Waals surface area contributed by atoms with E-state index in [-0.39, 0.29) is 52.4 Å². The van der Waals surface area contributed by atoms with Gasteiger partial charge < -0.3 is 20.5 Å². The first-order chi connectivity index (χ1) is 16.4. The molecular weight excluding hydrogens is 440 g/mol. The maximum Gasteiger partial charge on any atom is 0.223 e. The minimum absolute atomic E-state index is 0.0359. The van der Waals surface area contributed by atoms with Gasteiger partial charge in [-0.05, 0) is 60.3 Å². The Hall–Kier alpha value is -2.08. The molecule has 0 aromatic heterocycles. The van der Waals surface area contributed by atoms with Crippen LogP contribution in [0.25, 0.3) is 0 Å². The van der Waals surface area contributed by atoms with Crippen molar-refractivity contribution < 1.29 is 19.4 Å². The van der Waals surface area contributed by atoms with Crippen molar-refractivity contribution in [1.29, 1.82) is 0 Å². The van der Waals surface area contributed by atoms with Gasteiger partial charge in [-0.25, -0.2) is 0 Å². The Morgan fingerprint density at radius 2 is 1.86 bits per heavy atom. The van der Waals surface area contributed by atoms with Crippen molar-refractivity contribution >= 4 is 11.8 Å². The summed E-state index contributed by atoms with van der Waals surface area (Å²) < 4.78 is 5.40. The molecule has 35 heavy (non-hydrogen) atoms. The molecule has 2 fully saturated rings. The summed E-state index contributed by atoms with van der Waals surface area (Å²) in [6.45, 7) is 13.0. The standard InChI is InChI=1S/C29H46N2O4/c1-18(27(34)30-17-20-10-8-9-11-23(20)35-7)21-12-14-29(6)15-13-22(19(2)25(29)26(21)33)31-24(32)16-28(3,4)5/h8-11,18-19,21-22,25-26,33H,12-17H2,1-7H3,(H,30,34)(H,31,32)/t18-,19+,21?,22-,25+,26-,29-/m0/s1. The average Bonchev–Trinajstić information content (AvgIpc) is 2.78. The van der Waals surface area contributed by atoms with Crippen LogP contribution in [0.1, 0.15) is 79.2 Å². The number of aliphatic hydroxyl groups excluding tert-OH is 1. The van der Waals surface area contributed by atoms with Gasteiger partial charge in [0.05, 0.1) is 13.2 Å². The van der Waals surface area contributed by atoms with Crippen LogP contribution in [0.3, 0.4) is 0 Å². The van der Waals surface area contributed by atoms with Gasteiger partial charge in [-0.2, -0.15) is 0 Å². The van der Waals surface area contributed by atoms with Crippen LogP contribution in [0, 0.1) is 34.5 Å². The Labute approximate surface area is 211 Å². The zero-order chi connectivity index (χ0) is 26.0. The van der Waals surface area contributed by atoms with Gasteiger partial charge in [0.1, 0.15) is 5.75 Å². The molecule has 6 heteroatoms. The highest BCUT2D eigenvalue weighted by Gasteiger charge is 2.53. The summed E-state index contributed by atoms with van der Waals surface area (Å²) in [4.78, 5) is 25.8. The third-order valence-electron chi connectivity index (χ3n) is 8.63. The van der Waals surface area contributed by atoms with Crippen LogP contribution < -0.4 is 15.4 Å². The molecule has 2 aliphatic rings. The van der Waals surface area contributed by atoms with E-state index in [9.17, 15) is 14.7 Å². The predicted octanol–water partition coefficient (Wildman–Crippen LogP) is 4.69. The summed E-state index contributed by atoms with van der Waals surface area (Å²) >= 11 is 0. The second kappa shape index (κ2) is 10.9. The van der Waals surface area contributed by atoms with Gasteiger partial charge in [0.25, 0.3) is 0 Å². The molecule has 0 saturated heterocycles. The number of fused-ring (bicyclic) bond motifs is 1. The normalized spacial score (nSPS) is 31.7. The quantitative estimate of drug-likeness (QED) is 0.522. The minimum atomic E-state index is -0.571. The van der Waals surface area contributed by atoms with E-state index in [2.05, 4.69) is 45.3 Å². The van der Waals surface area contributed by atoms with Crippen LogP contribution in [0.4, 0.5) is 0 Å². The number of benzene rings is 1. The van der Waals surface area contributed by atoms with Crippen molar-refractivity contribution in [3.05, 3.63) is 29.8 Å². The van der Waals surface area contributed by atoms with Crippen LogP contribution in [-0.4, -0.2) is 36.2 Å². The summed E-state index contributed by atoms with van der Waals surface area (Å²) in [7, 11) is 1.63. The number of ether oxygens (including phenoxy) is 1. The lowest BCUT2D eigenvalue weighted by Crippen LogP contribution is -2.58. The molecular formula is C29H46N2O4. The molecule has 2 amide bonds. The lowest BCUT2D eigenvalue weighted by Gasteiger charge is -2.56. The Bertz CT molecular complexity index is 895. The van der Waals surface area contributed by atoms with E-state index < -0.39 is 6.10 Å². The van der Waals surface area contributed by atoms with E-state index in [0.717, 1.165) is 37.0 Å². The number of nitrogens with one attached hydrogen (secondary N) is 2. The fourth-order valence-corrected chi connectivity index (χ4v) is 6.62. The van der Waals surface area contributed by atoms with Crippen molar-refractivity contribution in [2.24, 2.45) is 34.5 Å². The maximum atomic E-state index is 13.1. The van der Waals surface area contributed by atoms with Gasteiger partial charge >= 0.3 is 0 Å². The zero-order valence-corrected chi connectivity index (χ0v) is 22.7. The minimum Gasteiger partial charge on any atom is -0.496 e. The van der Waals surface area contributed by atoms with Gasteiger partial charge in [0, 0.05) is 30.5 Å². The Balaban J connectivity index is 1.66. The molecule has 0 bridgehead atoms. The molecule has 0 heterocycles. The fourth-order valence-electron chi connectivity index (χ4n) is 6.62. The van der Waals surface area contributed by atoms with Crippen LogP contribution in [-0.2, 0) is 16.1 Å². The lowest BCUT2D eigenvalue weighted by atomic mass is 9.51. The first kappa shape index (κ1) is 27.5. The Morgan fingerprint density at radius 1 is 1.20 bits per heavy atom. The molecule has 0 spiro atoms. The summed E-state index contributed by atoms with van der Waals surface area (Å²) in [6, 6.07) is 7.73. The number of para-hydroxylation sites is 1. The van der Waals surface area contributed by atoms with Gasteiger partial charge in [0.15, 0.2) is 0 Å². The summed E-state index contributed by atoms with van der Waals surface area (Å²) in [5.41, 5.74) is 0.911. The lowest BCUT2D eigenvalue weighted by molar-refractivity contribution is -0.144. The maximum absolute atomic E-state index is 13.1. The molecule has 1 aromatic carbocycles. The molecule has 7 atom stereocenters. The summed E-state index contributed by atoms with van der Waals surface area (Å²) in [5.74, 6) is 0.610.